The van der Waals surface area contributed by atoms with Crippen molar-refractivity contribution in [1.29, 1.82) is 0 Å². The number of aromatic nitrogens is 1. The summed E-state index contributed by atoms with van der Waals surface area (Å²) in [6.07, 6.45) is 0. The monoisotopic (exact) mass is 253 g/mol. The Morgan fingerprint density at radius 3 is 2.47 bits per heavy atom. The van der Waals surface area contributed by atoms with Gasteiger partial charge in [-0.3, -0.25) is 0 Å². The molecule has 1 aromatic heterocycles. The first-order chi connectivity index (χ1) is 8.06. The van der Waals surface area contributed by atoms with Crippen molar-refractivity contribution in [3.05, 3.63) is 42.0 Å². The second kappa shape index (κ2) is 4.58. The van der Waals surface area contributed by atoms with Crippen LogP contribution in [0.25, 0.3) is 0 Å². The summed E-state index contributed by atoms with van der Waals surface area (Å²) in [5.41, 5.74) is 11.4. The Balaban J connectivity index is 2.28. The third-order valence-electron chi connectivity index (χ3n) is 2.04. The van der Waals surface area contributed by atoms with Gasteiger partial charge in [0, 0.05) is 11.0 Å². The molecule has 0 aliphatic carbocycles. The Bertz CT molecular complexity index is 560. The van der Waals surface area contributed by atoms with Crippen LogP contribution in [-0.4, -0.2) is 4.98 Å². The summed E-state index contributed by atoms with van der Waals surface area (Å²) in [5.74, 6) is -1.05. The summed E-state index contributed by atoms with van der Waals surface area (Å²) in [7, 11) is 0. The van der Waals surface area contributed by atoms with Gasteiger partial charge in [0.15, 0.2) is 0 Å². The lowest BCUT2D eigenvalue weighted by Crippen LogP contribution is -1.98. The van der Waals surface area contributed by atoms with Crippen LogP contribution in [0.4, 0.5) is 20.3 Å². The molecule has 0 spiro atoms. The van der Waals surface area contributed by atoms with E-state index >= 15 is 0 Å². The largest absolute Gasteiger partial charge is 0.396 e. The zero-order valence-corrected chi connectivity index (χ0v) is 9.47. The molecule has 6 heteroatoms. The first kappa shape index (κ1) is 11.7. The molecule has 0 saturated carbocycles. The zero-order chi connectivity index (χ0) is 12.4. The van der Waals surface area contributed by atoms with E-state index in [0.717, 1.165) is 17.8 Å². The van der Waals surface area contributed by atoms with Crippen LogP contribution >= 0.6 is 11.8 Å². The Morgan fingerprint density at radius 2 is 1.82 bits per heavy atom. The van der Waals surface area contributed by atoms with E-state index in [4.69, 9.17) is 11.5 Å². The molecule has 0 saturated heterocycles. The minimum absolute atomic E-state index is 0.192. The van der Waals surface area contributed by atoms with Crippen LogP contribution in [0.2, 0.25) is 0 Å². The summed E-state index contributed by atoms with van der Waals surface area (Å²) in [5, 5.41) is 0.502. The molecule has 2 aromatic rings. The molecule has 1 aromatic carbocycles. The lowest BCUT2D eigenvalue weighted by atomic mass is 10.3. The summed E-state index contributed by atoms with van der Waals surface area (Å²) in [6.45, 7) is 0. The summed E-state index contributed by atoms with van der Waals surface area (Å²) < 4.78 is 26.1. The molecule has 2 rings (SSSR count). The number of nitrogens with zero attached hydrogens (tertiary/aromatic N) is 1. The number of anilines is 2. The second-order valence-corrected chi connectivity index (χ2v) is 4.36. The van der Waals surface area contributed by atoms with Gasteiger partial charge in [0.2, 0.25) is 0 Å². The first-order valence-corrected chi connectivity index (χ1v) is 5.53. The van der Waals surface area contributed by atoms with Gasteiger partial charge in [-0.2, -0.15) is 0 Å². The van der Waals surface area contributed by atoms with Gasteiger partial charge in [-0.15, -0.1) is 0 Å². The summed E-state index contributed by atoms with van der Waals surface area (Å²) >= 11 is 1.06. The van der Waals surface area contributed by atoms with Gasteiger partial charge in [0.05, 0.1) is 5.69 Å². The second-order valence-electron chi connectivity index (χ2n) is 3.30. The third-order valence-corrected chi connectivity index (χ3v) is 3.03. The molecule has 3 nitrogen and oxygen atoms in total. The Morgan fingerprint density at radius 1 is 1.06 bits per heavy atom. The van der Waals surface area contributed by atoms with Crippen molar-refractivity contribution < 1.29 is 8.78 Å². The molecule has 0 aliphatic rings. The minimum atomic E-state index is -0.632. The average Bonchev–Trinajstić information content (AvgIpc) is 2.27. The molecule has 1 heterocycles. The van der Waals surface area contributed by atoms with E-state index in [9.17, 15) is 8.78 Å². The number of hydrogen-bond acceptors (Lipinski definition) is 4. The van der Waals surface area contributed by atoms with Crippen molar-refractivity contribution in [3.8, 4) is 0 Å². The highest BCUT2D eigenvalue weighted by molar-refractivity contribution is 7.99. The molecular formula is C11H9F2N3S. The van der Waals surface area contributed by atoms with E-state index in [1.54, 1.807) is 12.1 Å². The number of nitrogen functional groups attached to an aromatic ring is 2. The first-order valence-electron chi connectivity index (χ1n) is 4.71. The topological polar surface area (TPSA) is 64.9 Å². The van der Waals surface area contributed by atoms with Crippen molar-refractivity contribution in [3.63, 3.8) is 0 Å². The Hall–Kier alpha value is -1.82. The number of pyridine rings is 1. The van der Waals surface area contributed by atoms with Crippen molar-refractivity contribution in [2.24, 2.45) is 0 Å². The Kier molecular flexibility index (Phi) is 3.14. The maximum atomic E-state index is 13.4. The maximum Gasteiger partial charge on any atom is 0.147 e. The molecule has 0 fully saturated rings. The SMILES string of the molecule is Nc1ccc(Sc2ccc(F)cc2F)nc1N. The number of halogens is 2. The van der Waals surface area contributed by atoms with E-state index in [0.29, 0.717) is 10.7 Å². The van der Waals surface area contributed by atoms with Gasteiger partial charge in [-0.05, 0) is 24.3 Å². The molecule has 88 valence electrons. The van der Waals surface area contributed by atoms with E-state index in [1.165, 1.54) is 12.1 Å². The van der Waals surface area contributed by atoms with E-state index in [-0.39, 0.29) is 10.7 Å². The van der Waals surface area contributed by atoms with Crippen LogP contribution in [0.3, 0.4) is 0 Å². The molecule has 0 atom stereocenters. The highest BCUT2D eigenvalue weighted by Crippen LogP contribution is 2.30. The number of rotatable bonds is 2. The minimum Gasteiger partial charge on any atom is -0.396 e. The quantitative estimate of drug-likeness (QED) is 0.863. The van der Waals surface area contributed by atoms with Crippen molar-refractivity contribution in [1.82, 2.24) is 4.98 Å². The summed E-state index contributed by atoms with van der Waals surface area (Å²) in [6, 6.07) is 6.57. The van der Waals surface area contributed by atoms with E-state index in [2.05, 4.69) is 4.98 Å². The molecule has 17 heavy (non-hydrogen) atoms. The van der Waals surface area contributed by atoms with Crippen LogP contribution in [-0.2, 0) is 0 Å². The molecule has 0 aliphatic heterocycles. The standard InChI is InChI=1S/C11H9F2N3S/c12-6-1-3-9(7(13)5-6)17-10-4-2-8(14)11(15)16-10/h1-5H,14H2,(H2,15,16). The van der Waals surface area contributed by atoms with Crippen LogP contribution in [0.15, 0.2) is 40.3 Å². The molecule has 4 N–H and O–H groups in total. The van der Waals surface area contributed by atoms with E-state index in [1.807, 2.05) is 0 Å². The average molecular weight is 253 g/mol. The molecule has 0 radical (unpaired) electrons. The lowest BCUT2D eigenvalue weighted by molar-refractivity contribution is 0.565. The molecular weight excluding hydrogens is 244 g/mol. The van der Waals surface area contributed by atoms with Gasteiger partial charge in [0.1, 0.15) is 22.5 Å². The maximum absolute atomic E-state index is 13.4. The fourth-order valence-electron chi connectivity index (χ4n) is 1.19. The Labute approximate surface area is 101 Å². The smallest absolute Gasteiger partial charge is 0.147 e. The predicted octanol–water partition coefficient (Wildman–Crippen LogP) is 2.68. The molecule has 0 unspecified atom stereocenters. The summed E-state index contributed by atoms with van der Waals surface area (Å²) in [4.78, 5) is 4.27. The normalized spacial score (nSPS) is 10.5. The van der Waals surface area contributed by atoms with Gasteiger partial charge < -0.3 is 11.5 Å². The highest BCUT2D eigenvalue weighted by Gasteiger charge is 2.07. The third kappa shape index (κ3) is 2.65. The van der Waals surface area contributed by atoms with Crippen LogP contribution in [0, 0.1) is 11.6 Å². The number of nitrogens with two attached hydrogens (primary N) is 2. The lowest BCUT2D eigenvalue weighted by Gasteiger charge is -2.04. The predicted molar refractivity (Wildman–Crippen MR) is 63.5 cm³/mol. The van der Waals surface area contributed by atoms with Gasteiger partial charge in [-0.25, -0.2) is 13.8 Å². The van der Waals surface area contributed by atoms with Gasteiger partial charge in [0.25, 0.3) is 0 Å². The number of hydrogen-bond donors (Lipinski definition) is 2. The van der Waals surface area contributed by atoms with Crippen LogP contribution in [0.5, 0.6) is 0 Å². The van der Waals surface area contributed by atoms with Crippen molar-refractivity contribution >= 4 is 23.3 Å². The number of benzene rings is 1. The van der Waals surface area contributed by atoms with Gasteiger partial charge >= 0.3 is 0 Å². The highest BCUT2D eigenvalue weighted by atomic mass is 32.2. The van der Waals surface area contributed by atoms with Crippen LogP contribution in [0.1, 0.15) is 0 Å². The van der Waals surface area contributed by atoms with Gasteiger partial charge in [-0.1, -0.05) is 11.8 Å². The zero-order valence-electron chi connectivity index (χ0n) is 8.65. The molecule has 0 bridgehead atoms. The van der Waals surface area contributed by atoms with Crippen LogP contribution < -0.4 is 11.5 Å². The van der Waals surface area contributed by atoms with Crippen molar-refractivity contribution in [2.75, 3.05) is 11.5 Å². The van der Waals surface area contributed by atoms with E-state index < -0.39 is 11.6 Å². The fourth-order valence-corrected chi connectivity index (χ4v) is 1.99. The molecule has 0 amide bonds. The van der Waals surface area contributed by atoms with Crippen molar-refractivity contribution in [2.45, 2.75) is 9.92 Å². The fraction of sp³-hybridized carbons (Fsp3) is 0.